The highest BCUT2D eigenvalue weighted by atomic mass is 127. The molecule has 3 nitrogen and oxygen atoms in total. The Kier molecular flexibility index (Phi) is 4.34. The number of hydrogen-bond donors (Lipinski definition) is 2. The van der Waals surface area contributed by atoms with E-state index in [1.54, 1.807) is 0 Å². The number of benzene rings is 1. The zero-order valence-electron chi connectivity index (χ0n) is 7.83. The number of carboxylic acid groups (broad SMARTS) is 1. The number of aliphatic carboxylic acids is 1. The molecule has 1 rings (SSSR count). The molecule has 0 bridgehead atoms. The summed E-state index contributed by atoms with van der Waals surface area (Å²) in [7, 11) is 0. The van der Waals surface area contributed by atoms with E-state index in [-0.39, 0.29) is 12.6 Å². The van der Waals surface area contributed by atoms with E-state index in [0.29, 0.717) is 0 Å². The summed E-state index contributed by atoms with van der Waals surface area (Å²) >= 11 is 2.25. The number of carbonyl (C=O) groups is 1. The monoisotopic (exact) mass is 305 g/mol. The van der Waals surface area contributed by atoms with Gasteiger partial charge in [-0.2, -0.15) is 0 Å². The summed E-state index contributed by atoms with van der Waals surface area (Å²) in [6.07, 6.45) is 0. The van der Waals surface area contributed by atoms with Crippen molar-refractivity contribution in [2.45, 2.75) is 13.0 Å². The molecule has 0 fully saturated rings. The predicted octanol–water partition coefficient (Wildman–Crippen LogP) is 2.03. The van der Waals surface area contributed by atoms with E-state index < -0.39 is 5.97 Å². The smallest absolute Gasteiger partial charge is 0.317 e. The van der Waals surface area contributed by atoms with Crippen LogP contribution in [0.1, 0.15) is 18.5 Å². The molecule has 4 heteroatoms. The molecular weight excluding hydrogens is 293 g/mol. The molecule has 1 aromatic carbocycles. The molecular formula is C10H12INO2. The summed E-state index contributed by atoms with van der Waals surface area (Å²) in [5, 5.41) is 11.4. The van der Waals surface area contributed by atoms with Crippen LogP contribution in [-0.2, 0) is 4.79 Å². The molecule has 0 aromatic heterocycles. The molecule has 0 heterocycles. The van der Waals surface area contributed by atoms with Crippen LogP contribution in [0, 0.1) is 3.57 Å². The SMILES string of the molecule is CC(NCC(=O)O)c1ccccc1I. The molecule has 76 valence electrons. The predicted molar refractivity (Wildman–Crippen MR) is 63.2 cm³/mol. The van der Waals surface area contributed by atoms with Gasteiger partial charge in [0.15, 0.2) is 0 Å². The van der Waals surface area contributed by atoms with Crippen molar-refractivity contribution in [1.29, 1.82) is 0 Å². The van der Waals surface area contributed by atoms with Crippen molar-refractivity contribution in [2.24, 2.45) is 0 Å². The molecule has 14 heavy (non-hydrogen) atoms. The standard InChI is InChI=1S/C10H12INO2/c1-7(12-6-10(13)14)8-4-2-3-5-9(8)11/h2-5,7,12H,6H2,1H3,(H,13,14). The third-order valence-corrected chi connectivity index (χ3v) is 2.91. The Hall–Kier alpha value is -0.620. The first kappa shape index (κ1) is 11.5. The van der Waals surface area contributed by atoms with Gasteiger partial charge in [-0.15, -0.1) is 0 Å². The second-order valence-electron chi connectivity index (χ2n) is 3.02. The van der Waals surface area contributed by atoms with Crippen LogP contribution in [0.3, 0.4) is 0 Å². The van der Waals surface area contributed by atoms with Crippen LogP contribution in [-0.4, -0.2) is 17.6 Å². The summed E-state index contributed by atoms with van der Waals surface area (Å²) in [5.41, 5.74) is 1.13. The van der Waals surface area contributed by atoms with Gasteiger partial charge in [0.1, 0.15) is 0 Å². The van der Waals surface area contributed by atoms with E-state index in [1.165, 1.54) is 0 Å². The summed E-state index contributed by atoms with van der Waals surface area (Å²) in [6, 6.07) is 8.00. The highest BCUT2D eigenvalue weighted by Gasteiger charge is 2.08. The van der Waals surface area contributed by atoms with E-state index in [9.17, 15) is 4.79 Å². The molecule has 0 aliphatic heterocycles. The van der Waals surface area contributed by atoms with Crippen LogP contribution in [0.5, 0.6) is 0 Å². The van der Waals surface area contributed by atoms with E-state index >= 15 is 0 Å². The molecule has 0 saturated carbocycles. The minimum absolute atomic E-state index is 0.00780. The van der Waals surface area contributed by atoms with Gasteiger partial charge in [-0.05, 0) is 41.1 Å². The van der Waals surface area contributed by atoms with Crippen molar-refractivity contribution in [3.63, 3.8) is 0 Å². The van der Waals surface area contributed by atoms with Gasteiger partial charge in [0, 0.05) is 9.61 Å². The molecule has 0 radical (unpaired) electrons. The Balaban J connectivity index is 2.65. The molecule has 1 aromatic rings. The highest BCUT2D eigenvalue weighted by Crippen LogP contribution is 2.18. The maximum atomic E-state index is 10.4. The van der Waals surface area contributed by atoms with Crippen LogP contribution in [0.4, 0.5) is 0 Å². The molecule has 0 amide bonds. The number of rotatable bonds is 4. The fourth-order valence-corrected chi connectivity index (χ4v) is 2.03. The topological polar surface area (TPSA) is 49.3 Å². The van der Waals surface area contributed by atoms with Crippen LogP contribution in [0.15, 0.2) is 24.3 Å². The molecule has 0 saturated heterocycles. The van der Waals surface area contributed by atoms with Crippen molar-refractivity contribution in [3.8, 4) is 0 Å². The lowest BCUT2D eigenvalue weighted by Crippen LogP contribution is -2.25. The van der Waals surface area contributed by atoms with Gasteiger partial charge in [-0.1, -0.05) is 18.2 Å². The fraction of sp³-hybridized carbons (Fsp3) is 0.300. The van der Waals surface area contributed by atoms with Gasteiger partial charge < -0.3 is 10.4 Å². The Labute approximate surface area is 96.7 Å². The lowest BCUT2D eigenvalue weighted by molar-refractivity contribution is -0.136. The fourth-order valence-electron chi connectivity index (χ4n) is 1.18. The van der Waals surface area contributed by atoms with Crippen LogP contribution in [0.2, 0.25) is 0 Å². The first-order valence-corrected chi connectivity index (χ1v) is 5.38. The van der Waals surface area contributed by atoms with Crippen molar-refractivity contribution < 1.29 is 9.90 Å². The van der Waals surface area contributed by atoms with Crippen LogP contribution >= 0.6 is 22.6 Å². The molecule has 0 spiro atoms. The van der Waals surface area contributed by atoms with E-state index in [1.807, 2.05) is 31.2 Å². The molecule has 1 atom stereocenters. The Morgan fingerprint density at radius 3 is 2.79 bits per heavy atom. The Morgan fingerprint density at radius 1 is 1.57 bits per heavy atom. The van der Waals surface area contributed by atoms with Gasteiger partial charge in [-0.25, -0.2) is 0 Å². The zero-order chi connectivity index (χ0) is 10.6. The maximum Gasteiger partial charge on any atom is 0.317 e. The number of nitrogens with one attached hydrogen (secondary N) is 1. The van der Waals surface area contributed by atoms with Crippen molar-refractivity contribution in [2.75, 3.05) is 6.54 Å². The van der Waals surface area contributed by atoms with Gasteiger partial charge >= 0.3 is 5.97 Å². The van der Waals surface area contributed by atoms with E-state index in [2.05, 4.69) is 27.9 Å². The van der Waals surface area contributed by atoms with E-state index in [4.69, 9.17) is 5.11 Å². The molecule has 1 unspecified atom stereocenters. The van der Waals surface area contributed by atoms with Crippen molar-refractivity contribution in [1.82, 2.24) is 5.32 Å². The maximum absolute atomic E-state index is 10.4. The van der Waals surface area contributed by atoms with Crippen LogP contribution < -0.4 is 5.32 Å². The molecule has 0 aliphatic carbocycles. The van der Waals surface area contributed by atoms with E-state index in [0.717, 1.165) is 9.13 Å². The zero-order valence-corrected chi connectivity index (χ0v) is 9.98. The van der Waals surface area contributed by atoms with Crippen LogP contribution in [0.25, 0.3) is 0 Å². The summed E-state index contributed by atoms with van der Waals surface area (Å²) < 4.78 is 1.15. The minimum Gasteiger partial charge on any atom is -0.480 e. The molecule has 0 aliphatic rings. The largest absolute Gasteiger partial charge is 0.480 e. The number of halogens is 1. The molecule has 2 N–H and O–H groups in total. The normalized spacial score (nSPS) is 12.4. The van der Waals surface area contributed by atoms with Gasteiger partial charge in [-0.3, -0.25) is 4.79 Å². The highest BCUT2D eigenvalue weighted by molar-refractivity contribution is 14.1. The number of hydrogen-bond acceptors (Lipinski definition) is 2. The first-order chi connectivity index (χ1) is 6.61. The van der Waals surface area contributed by atoms with Gasteiger partial charge in [0.25, 0.3) is 0 Å². The third kappa shape index (κ3) is 3.26. The Morgan fingerprint density at radius 2 is 2.21 bits per heavy atom. The quantitative estimate of drug-likeness (QED) is 0.837. The Bertz CT molecular complexity index is 328. The summed E-state index contributed by atoms with van der Waals surface area (Å²) in [4.78, 5) is 10.4. The lowest BCUT2D eigenvalue weighted by Gasteiger charge is -2.14. The average Bonchev–Trinajstić information content (AvgIpc) is 2.15. The van der Waals surface area contributed by atoms with Crippen molar-refractivity contribution in [3.05, 3.63) is 33.4 Å². The van der Waals surface area contributed by atoms with Crippen molar-refractivity contribution >= 4 is 28.6 Å². The van der Waals surface area contributed by atoms with Gasteiger partial charge in [0.05, 0.1) is 6.54 Å². The number of carboxylic acids is 1. The van der Waals surface area contributed by atoms with Gasteiger partial charge in [0.2, 0.25) is 0 Å². The second kappa shape index (κ2) is 5.31. The summed E-state index contributed by atoms with van der Waals surface area (Å²) in [5.74, 6) is -0.831. The second-order valence-corrected chi connectivity index (χ2v) is 4.18. The summed E-state index contributed by atoms with van der Waals surface area (Å²) in [6.45, 7) is 1.95. The minimum atomic E-state index is -0.831. The first-order valence-electron chi connectivity index (χ1n) is 4.31. The third-order valence-electron chi connectivity index (χ3n) is 1.93. The lowest BCUT2D eigenvalue weighted by atomic mass is 10.1. The average molecular weight is 305 g/mol.